The first-order valence-electron chi connectivity index (χ1n) is 11.0. The number of nitrogens with zero attached hydrogens (tertiary/aromatic N) is 3. The van der Waals surface area contributed by atoms with E-state index in [2.05, 4.69) is 10.3 Å². The lowest BCUT2D eigenvalue weighted by Gasteiger charge is -2.44. The molecule has 0 bridgehead atoms. The van der Waals surface area contributed by atoms with Crippen molar-refractivity contribution in [2.75, 3.05) is 12.0 Å². The number of hydrogen-bond donors (Lipinski definition) is 1. The smallest absolute Gasteiger partial charge is 0.359 e. The van der Waals surface area contributed by atoms with Crippen LogP contribution in [-0.4, -0.2) is 40.0 Å². The van der Waals surface area contributed by atoms with Crippen LogP contribution in [0.4, 0.5) is 5.69 Å². The molecule has 0 radical (unpaired) electrons. The van der Waals surface area contributed by atoms with Crippen LogP contribution in [-0.2, 0) is 22.6 Å². The number of aryl methyl sites for hydroxylation is 3. The van der Waals surface area contributed by atoms with Gasteiger partial charge in [-0.05, 0) is 50.5 Å². The van der Waals surface area contributed by atoms with E-state index in [0.29, 0.717) is 12.2 Å². The van der Waals surface area contributed by atoms with Crippen LogP contribution in [0, 0.1) is 20.8 Å². The van der Waals surface area contributed by atoms with Crippen molar-refractivity contribution in [2.45, 2.75) is 46.3 Å². The van der Waals surface area contributed by atoms with Gasteiger partial charge < -0.3 is 14.6 Å². The molecule has 1 aromatic heterocycles. The van der Waals surface area contributed by atoms with Crippen molar-refractivity contribution in [1.82, 2.24) is 14.9 Å². The normalized spacial score (nSPS) is 17.3. The fourth-order valence-corrected chi connectivity index (χ4v) is 4.29. The molecule has 8 heteroatoms. The van der Waals surface area contributed by atoms with Crippen LogP contribution in [0.15, 0.2) is 48.8 Å². The number of fused-ring (bicyclic) bond motifs is 1. The zero-order chi connectivity index (χ0) is 24.6. The van der Waals surface area contributed by atoms with Crippen LogP contribution >= 0.6 is 0 Å². The molecular formula is C26H28N4O4. The zero-order valence-electron chi connectivity index (χ0n) is 20.0. The monoisotopic (exact) mass is 460 g/mol. The maximum Gasteiger partial charge on any atom is 0.359 e. The molecule has 8 nitrogen and oxygen atoms in total. The topological polar surface area (TPSA) is 93.5 Å². The number of nitrogens with one attached hydrogen (secondary N) is 1. The highest BCUT2D eigenvalue weighted by atomic mass is 16.5. The van der Waals surface area contributed by atoms with Gasteiger partial charge in [0, 0.05) is 12.2 Å². The van der Waals surface area contributed by atoms with Crippen LogP contribution < -0.4 is 10.2 Å². The second-order valence-electron chi connectivity index (χ2n) is 8.93. The van der Waals surface area contributed by atoms with E-state index >= 15 is 0 Å². The minimum atomic E-state index is -1.26. The van der Waals surface area contributed by atoms with E-state index in [1.807, 2.05) is 63.2 Å². The molecule has 176 valence electrons. The Balaban J connectivity index is 1.78. The highest BCUT2D eigenvalue weighted by Crippen LogP contribution is 2.36. The minimum Gasteiger partial charge on any atom is -0.464 e. The molecule has 3 aromatic rings. The number of imidazole rings is 1. The summed E-state index contributed by atoms with van der Waals surface area (Å²) in [4.78, 5) is 45.5. The summed E-state index contributed by atoms with van der Waals surface area (Å²) in [6.07, 6.45) is 1.41. The van der Waals surface area contributed by atoms with Crippen molar-refractivity contribution >= 4 is 23.5 Å². The lowest BCUT2D eigenvalue weighted by Crippen LogP contribution is -2.64. The Morgan fingerprint density at radius 1 is 1.09 bits per heavy atom. The molecule has 4 rings (SSSR count). The average Bonchev–Trinajstić information content (AvgIpc) is 3.24. The number of carbonyl (C=O) groups is 3. The van der Waals surface area contributed by atoms with Gasteiger partial charge in [0.2, 0.25) is 5.91 Å². The van der Waals surface area contributed by atoms with Crippen LogP contribution in [0.25, 0.3) is 0 Å². The third-order valence-electron chi connectivity index (χ3n) is 6.26. The maximum atomic E-state index is 13.9. The van der Waals surface area contributed by atoms with Crippen molar-refractivity contribution in [3.8, 4) is 0 Å². The van der Waals surface area contributed by atoms with Gasteiger partial charge in [0.1, 0.15) is 11.2 Å². The number of ether oxygens (including phenoxy) is 1. The standard InChI is InChI=1S/C26H28N4O4/c1-16-7-10-19(11-8-16)13-27-25(33)26(4)14-29-15-28-21(24(32)34-5)22(29)23(31)30(26)20-12-17(2)6-9-18(20)3/h6-12,15H,13-14H2,1-5H3,(H,27,33)/t26-/m1/s1. The molecule has 0 aliphatic carbocycles. The highest BCUT2D eigenvalue weighted by molar-refractivity contribution is 6.15. The molecule has 2 amide bonds. The fraction of sp³-hybridized carbons (Fsp3) is 0.308. The molecule has 34 heavy (non-hydrogen) atoms. The van der Waals surface area contributed by atoms with Crippen molar-refractivity contribution in [1.29, 1.82) is 0 Å². The Bertz CT molecular complexity index is 1280. The molecule has 2 heterocycles. The summed E-state index contributed by atoms with van der Waals surface area (Å²) in [6.45, 7) is 8.01. The van der Waals surface area contributed by atoms with E-state index < -0.39 is 17.4 Å². The average molecular weight is 461 g/mol. The van der Waals surface area contributed by atoms with Crippen LogP contribution in [0.5, 0.6) is 0 Å². The summed E-state index contributed by atoms with van der Waals surface area (Å²) in [6, 6.07) is 13.6. The number of esters is 1. The van der Waals surface area contributed by atoms with E-state index in [0.717, 1.165) is 22.3 Å². The second-order valence-corrected chi connectivity index (χ2v) is 8.93. The van der Waals surface area contributed by atoms with E-state index in [1.165, 1.54) is 18.3 Å². The summed E-state index contributed by atoms with van der Waals surface area (Å²) < 4.78 is 6.38. The number of benzene rings is 2. The molecule has 0 spiro atoms. The van der Waals surface area contributed by atoms with Crippen molar-refractivity contribution in [2.24, 2.45) is 0 Å². The Morgan fingerprint density at radius 3 is 2.44 bits per heavy atom. The van der Waals surface area contributed by atoms with Gasteiger partial charge in [0.05, 0.1) is 20.0 Å². The van der Waals surface area contributed by atoms with E-state index in [4.69, 9.17) is 4.74 Å². The quantitative estimate of drug-likeness (QED) is 0.590. The SMILES string of the molecule is COC(=O)c1ncn2c1C(=O)N(c1cc(C)ccc1C)[C@@](C)(C(=O)NCc1ccc(C)cc1)C2. The van der Waals surface area contributed by atoms with Gasteiger partial charge in [-0.3, -0.25) is 14.5 Å². The Labute approximate surface area is 198 Å². The largest absolute Gasteiger partial charge is 0.464 e. The predicted molar refractivity (Wildman–Crippen MR) is 128 cm³/mol. The Hall–Kier alpha value is -3.94. The molecule has 2 aromatic carbocycles. The second kappa shape index (κ2) is 8.78. The first-order valence-corrected chi connectivity index (χ1v) is 11.0. The molecule has 0 saturated heterocycles. The van der Waals surface area contributed by atoms with Crippen LogP contribution in [0.2, 0.25) is 0 Å². The molecule has 1 aliphatic rings. The summed E-state index contributed by atoms with van der Waals surface area (Å²) in [5.74, 6) is -1.48. The van der Waals surface area contributed by atoms with Crippen molar-refractivity contribution < 1.29 is 19.1 Å². The summed E-state index contributed by atoms with van der Waals surface area (Å²) >= 11 is 0. The zero-order valence-corrected chi connectivity index (χ0v) is 20.0. The molecule has 0 fully saturated rings. The van der Waals surface area contributed by atoms with Crippen molar-refractivity contribution in [3.63, 3.8) is 0 Å². The third kappa shape index (κ3) is 3.96. The summed E-state index contributed by atoms with van der Waals surface area (Å²) in [5, 5.41) is 3.00. The van der Waals surface area contributed by atoms with Crippen molar-refractivity contribution in [3.05, 3.63) is 82.4 Å². The van der Waals surface area contributed by atoms with Gasteiger partial charge in [-0.25, -0.2) is 9.78 Å². The maximum absolute atomic E-state index is 13.9. The number of carbonyl (C=O) groups excluding carboxylic acids is 3. The first kappa shape index (κ1) is 23.2. The van der Waals surface area contributed by atoms with E-state index in [1.54, 1.807) is 11.5 Å². The third-order valence-corrected chi connectivity index (χ3v) is 6.26. The number of amides is 2. The van der Waals surface area contributed by atoms with Crippen LogP contribution in [0.1, 0.15) is 50.2 Å². The number of hydrogen-bond acceptors (Lipinski definition) is 5. The Morgan fingerprint density at radius 2 is 1.76 bits per heavy atom. The molecule has 1 atom stereocenters. The number of rotatable bonds is 5. The summed E-state index contributed by atoms with van der Waals surface area (Å²) in [7, 11) is 1.24. The van der Waals surface area contributed by atoms with Gasteiger partial charge in [0.15, 0.2) is 5.69 Å². The van der Waals surface area contributed by atoms with Gasteiger partial charge in [-0.2, -0.15) is 0 Å². The van der Waals surface area contributed by atoms with Crippen LogP contribution in [0.3, 0.4) is 0 Å². The number of anilines is 1. The van der Waals surface area contributed by atoms with Gasteiger partial charge in [-0.15, -0.1) is 0 Å². The van der Waals surface area contributed by atoms with E-state index in [9.17, 15) is 14.4 Å². The van der Waals surface area contributed by atoms with E-state index in [-0.39, 0.29) is 23.8 Å². The molecule has 0 saturated carbocycles. The summed E-state index contributed by atoms with van der Waals surface area (Å²) in [5.41, 5.74) is 3.27. The first-order chi connectivity index (χ1) is 16.2. The number of methoxy groups -OCH3 is 1. The lowest BCUT2D eigenvalue weighted by molar-refractivity contribution is -0.126. The van der Waals surface area contributed by atoms with Gasteiger partial charge in [0.25, 0.3) is 5.91 Å². The minimum absolute atomic E-state index is 0.0649. The van der Waals surface area contributed by atoms with Gasteiger partial charge >= 0.3 is 5.97 Å². The molecular weight excluding hydrogens is 432 g/mol. The predicted octanol–water partition coefficient (Wildman–Crippen LogP) is 3.33. The lowest BCUT2D eigenvalue weighted by atomic mass is 9.92. The molecule has 1 aliphatic heterocycles. The fourth-order valence-electron chi connectivity index (χ4n) is 4.29. The molecule has 1 N–H and O–H groups in total. The number of aromatic nitrogens is 2. The highest BCUT2D eigenvalue weighted by Gasteiger charge is 2.50. The Kier molecular flexibility index (Phi) is 6.00. The van der Waals surface area contributed by atoms with Gasteiger partial charge in [-0.1, -0.05) is 42.0 Å². The molecule has 0 unspecified atom stereocenters.